The standard InChI is InChI=1S/C10H10N2O/c1-8(13)7-12-5-3-9-6-11-4-2-10(9)12/h2-6H,7H2,1H3. The van der Waals surface area contributed by atoms with Crippen LogP contribution in [0, 0.1) is 0 Å². The van der Waals surface area contributed by atoms with Gasteiger partial charge >= 0.3 is 0 Å². The van der Waals surface area contributed by atoms with E-state index in [4.69, 9.17) is 0 Å². The molecule has 0 amide bonds. The first-order chi connectivity index (χ1) is 6.27. The molecule has 3 nitrogen and oxygen atoms in total. The Bertz CT molecular complexity index is 445. The maximum Gasteiger partial charge on any atom is 0.149 e. The van der Waals surface area contributed by atoms with Crippen LogP contribution in [-0.4, -0.2) is 15.3 Å². The van der Waals surface area contributed by atoms with Gasteiger partial charge in [0.1, 0.15) is 5.78 Å². The molecule has 3 heteroatoms. The fourth-order valence-electron chi connectivity index (χ4n) is 1.42. The molecule has 2 aromatic heterocycles. The van der Waals surface area contributed by atoms with Crippen molar-refractivity contribution >= 4 is 16.7 Å². The van der Waals surface area contributed by atoms with Crippen LogP contribution in [0.1, 0.15) is 6.92 Å². The highest BCUT2D eigenvalue weighted by molar-refractivity contribution is 5.82. The second-order valence-corrected chi connectivity index (χ2v) is 3.08. The van der Waals surface area contributed by atoms with Gasteiger partial charge in [0, 0.05) is 24.0 Å². The van der Waals surface area contributed by atoms with Crippen molar-refractivity contribution in [3.05, 3.63) is 30.7 Å². The lowest BCUT2D eigenvalue weighted by Crippen LogP contribution is -2.04. The Morgan fingerprint density at radius 2 is 2.38 bits per heavy atom. The smallest absolute Gasteiger partial charge is 0.149 e. The summed E-state index contributed by atoms with van der Waals surface area (Å²) in [5, 5.41) is 1.07. The highest BCUT2D eigenvalue weighted by Gasteiger charge is 2.01. The Morgan fingerprint density at radius 1 is 1.54 bits per heavy atom. The van der Waals surface area contributed by atoms with Crippen LogP contribution in [0.25, 0.3) is 10.9 Å². The van der Waals surface area contributed by atoms with E-state index in [0.29, 0.717) is 6.54 Å². The highest BCUT2D eigenvalue weighted by atomic mass is 16.1. The van der Waals surface area contributed by atoms with Crippen LogP contribution in [0.2, 0.25) is 0 Å². The molecule has 0 bridgehead atoms. The summed E-state index contributed by atoms with van der Waals surface area (Å²) >= 11 is 0. The zero-order chi connectivity index (χ0) is 9.26. The van der Waals surface area contributed by atoms with Crippen LogP contribution in [-0.2, 0) is 11.3 Å². The molecular formula is C10H10N2O. The number of ketones is 1. The van der Waals surface area contributed by atoms with E-state index < -0.39 is 0 Å². The van der Waals surface area contributed by atoms with Crippen molar-refractivity contribution in [2.45, 2.75) is 13.5 Å². The summed E-state index contributed by atoms with van der Waals surface area (Å²) in [6.07, 6.45) is 5.44. The molecule has 0 fully saturated rings. The van der Waals surface area contributed by atoms with Gasteiger partial charge in [-0.3, -0.25) is 9.78 Å². The second-order valence-electron chi connectivity index (χ2n) is 3.08. The Balaban J connectivity index is 2.51. The molecular weight excluding hydrogens is 164 g/mol. The molecule has 0 aliphatic carbocycles. The fourth-order valence-corrected chi connectivity index (χ4v) is 1.42. The molecule has 0 aromatic carbocycles. The minimum Gasteiger partial charge on any atom is -0.340 e. The van der Waals surface area contributed by atoms with Crippen LogP contribution in [0.4, 0.5) is 0 Å². The van der Waals surface area contributed by atoms with Crippen molar-refractivity contribution in [2.24, 2.45) is 0 Å². The highest BCUT2D eigenvalue weighted by Crippen LogP contribution is 2.13. The Labute approximate surface area is 76.0 Å². The van der Waals surface area contributed by atoms with Crippen molar-refractivity contribution in [3.8, 4) is 0 Å². The maximum atomic E-state index is 10.9. The van der Waals surface area contributed by atoms with Gasteiger partial charge in [-0.15, -0.1) is 0 Å². The SMILES string of the molecule is CC(=O)Cn1ccc2cnccc21. The number of fused-ring (bicyclic) bond motifs is 1. The minimum atomic E-state index is 0.161. The van der Waals surface area contributed by atoms with Crippen LogP contribution in [0.15, 0.2) is 30.7 Å². The Morgan fingerprint density at radius 3 is 3.15 bits per heavy atom. The number of carbonyl (C=O) groups is 1. The van der Waals surface area contributed by atoms with E-state index in [1.807, 2.05) is 22.9 Å². The summed E-state index contributed by atoms with van der Waals surface area (Å²) in [5.41, 5.74) is 1.06. The van der Waals surface area contributed by atoms with E-state index in [0.717, 1.165) is 10.9 Å². The third kappa shape index (κ3) is 1.45. The molecule has 0 saturated heterocycles. The number of nitrogens with zero attached hydrogens (tertiary/aromatic N) is 2. The summed E-state index contributed by atoms with van der Waals surface area (Å²) in [4.78, 5) is 14.9. The first-order valence-electron chi connectivity index (χ1n) is 4.15. The van der Waals surface area contributed by atoms with Gasteiger partial charge in [-0.05, 0) is 19.1 Å². The summed E-state index contributed by atoms with van der Waals surface area (Å²) < 4.78 is 1.93. The van der Waals surface area contributed by atoms with Gasteiger partial charge in [0.2, 0.25) is 0 Å². The summed E-state index contributed by atoms with van der Waals surface area (Å²) in [6.45, 7) is 2.03. The number of hydrogen-bond donors (Lipinski definition) is 0. The molecule has 0 N–H and O–H groups in total. The van der Waals surface area contributed by atoms with Crippen molar-refractivity contribution in [1.82, 2.24) is 9.55 Å². The summed E-state index contributed by atoms with van der Waals surface area (Å²) in [7, 11) is 0. The average molecular weight is 174 g/mol. The van der Waals surface area contributed by atoms with Crippen LogP contribution in [0.3, 0.4) is 0 Å². The van der Waals surface area contributed by atoms with Gasteiger partial charge in [-0.2, -0.15) is 0 Å². The average Bonchev–Trinajstić information content (AvgIpc) is 2.48. The van der Waals surface area contributed by atoms with Gasteiger partial charge in [-0.1, -0.05) is 0 Å². The van der Waals surface area contributed by atoms with Crippen molar-refractivity contribution in [2.75, 3.05) is 0 Å². The zero-order valence-corrected chi connectivity index (χ0v) is 7.40. The minimum absolute atomic E-state index is 0.161. The van der Waals surface area contributed by atoms with Crippen LogP contribution in [0.5, 0.6) is 0 Å². The third-order valence-corrected chi connectivity index (χ3v) is 1.96. The van der Waals surface area contributed by atoms with Crippen molar-refractivity contribution in [1.29, 1.82) is 0 Å². The molecule has 0 atom stereocenters. The number of rotatable bonds is 2. The van der Waals surface area contributed by atoms with Gasteiger partial charge < -0.3 is 4.57 Å². The molecule has 0 unspecified atom stereocenters. The lowest BCUT2D eigenvalue weighted by Gasteiger charge is -2.00. The molecule has 0 aliphatic rings. The lowest BCUT2D eigenvalue weighted by atomic mass is 10.3. The van der Waals surface area contributed by atoms with E-state index >= 15 is 0 Å². The van der Waals surface area contributed by atoms with Crippen molar-refractivity contribution in [3.63, 3.8) is 0 Å². The van der Waals surface area contributed by atoms with Gasteiger partial charge in [0.15, 0.2) is 0 Å². The van der Waals surface area contributed by atoms with Gasteiger partial charge in [0.25, 0.3) is 0 Å². The molecule has 0 spiro atoms. The topological polar surface area (TPSA) is 34.9 Å². The maximum absolute atomic E-state index is 10.9. The number of carbonyl (C=O) groups excluding carboxylic acids is 1. The molecule has 0 aliphatic heterocycles. The van der Waals surface area contributed by atoms with Crippen LogP contribution < -0.4 is 0 Å². The molecule has 2 heterocycles. The number of pyridine rings is 1. The normalized spacial score (nSPS) is 10.5. The monoisotopic (exact) mass is 174 g/mol. The van der Waals surface area contributed by atoms with Crippen LogP contribution >= 0.6 is 0 Å². The predicted octanol–water partition coefficient (Wildman–Crippen LogP) is 1.63. The van der Waals surface area contributed by atoms with Gasteiger partial charge in [0.05, 0.1) is 12.1 Å². The quantitative estimate of drug-likeness (QED) is 0.693. The second kappa shape index (κ2) is 3.01. The first kappa shape index (κ1) is 7.98. The fraction of sp³-hybridized carbons (Fsp3) is 0.200. The Kier molecular flexibility index (Phi) is 1.85. The third-order valence-electron chi connectivity index (χ3n) is 1.96. The summed E-state index contributed by atoms with van der Waals surface area (Å²) in [6, 6.07) is 3.88. The van der Waals surface area contributed by atoms with E-state index in [-0.39, 0.29) is 5.78 Å². The molecule has 66 valence electrons. The summed E-state index contributed by atoms with van der Waals surface area (Å²) in [5.74, 6) is 0.161. The predicted molar refractivity (Wildman–Crippen MR) is 50.4 cm³/mol. The zero-order valence-electron chi connectivity index (χ0n) is 7.40. The van der Waals surface area contributed by atoms with Gasteiger partial charge in [-0.25, -0.2) is 0 Å². The number of aromatic nitrogens is 2. The van der Waals surface area contributed by atoms with E-state index in [1.54, 1.807) is 19.3 Å². The lowest BCUT2D eigenvalue weighted by molar-refractivity contribution is -0.117. The Hall–Kier alpha value is -1.64. The van der Waals surface area contributed by atoms with Crippen molar-refractivity contribution < 1.29 is 4.79 Å². The molecule has 13 heavy (non-hydrogen) atoms. The molecule has 0 saturated carbocycles. The largest absolute Gasteiger partial charge is 0.340 e. The van der Waals surface area contributed by atoms with E-state index in [2.05, 4.69) is 4.98 Å². The number of hydrogen-bond acceptors (Lipinski definition) is 2. The molecule has 2 rings (SSSR count). The number of Topliss-reactive ketones (excluding diaryl/α,β-unsaturated/α-hetero) is 1. The van der Waals surface area contributed by atoms with E-state index in [9.17, 15) is 4.79 Å². The van der Waals surface area contributed by atoms with E-state index in [1.165, 1.54) is 0 Å². The molecule has 2 aromatic rings. The first-order valence-corrected chi connectivity index (χ1v) is 4.15. The molecule has 0 radical (unpaired) electrons.